The molecule has 0 aliphatic heterocycles. The van der Waals surface area contributed by atoms with Crippen molar-refractivity contribution in [2.45, 2.75) is 6.61 Å². The number of rotatable bonds is 5. The maximum atomic E-state index is 13.1. The lowest BCUT2D eigenvalue weighted by molar-refractivity contribution is 0.212. The van der Waals surface area contributed by atoms with Crippen molar-refractivity contribution >= 4 is 6.21 Å². The Labute approximate surface area is 86.1 Å². The van der Waals surface area contributed by atoms with Crippen LogP contribution in [0, 0.1) is 5.95 Å². The minimum Gasteiger partial charge on any atom is -0.483 e. The highest BCUT2D eigenvalue weighted by atomic mass is 19.1. The van der Waals surface area contributed by atoms with Gasteiger partial charge in [0.15, 0.2) is 5.75 Å². The second kappa shape index (κ2) is 5.92. The van der Waals surface area contributed by atoms with E-state index in [0.29, 0.717) is 0 Å². The van der Waals surface area contributed by atoms with Crippen LogP contribution in [0.15, 0.2) is 17.3 Å². The fourth-order valence-corrected chi connectivity index (χ4v) is 0.887. The van der Waals surface area contributed by atoms with Crippen molar-refractivity contribution in [2.24, 2.45) is 5.16 Å². The van der Waals surface area contributed by atoms with E-state index in [1.165, 1.54) is 25.5 Å². The average Bonchev–Trinajstić information content (AvgIpc) is 2.26. The molecule has 15 heavy (non-hydrogen) atoms. The van der Waals surface area contributed by atoms with Gasteiger partial charge in [0.05, 0.1) is 18.5 Å². The molecule has 0 aromatic carbocycles. The molecule has 1 aromatic rings. The van der Waals surface area contributed by atoms with Crippen LogP contribution >= 0.6 is 0 Å². The summed E-state index contributed by atoms with van der Waals surface area (Å²) in [6, 6.07) is 2.88. The van der Waals surface area contributed by atoms with Gasteiger partial charge in [-0.15, -0.1) is 0 Å². The van der Waals surface area contributed by atoms with Gasteiger partial charge in [-0.05, 0) is 12.1 Å². The molecule has 1 N–H and O–H groups in total. The molecule has 0 bridgehead atoms. The smallest absolute Gasteiger partial charge is 0.255 e. The van der Waals surface area contributed by atoms with Gasteiger partial charge in [-0.2, -0.15) is 4.39 Å². The highest BCUT2D eigenvalue weighted by Gasteiger charge is 2.05. The van der Waals surface area contributed by atoms with E-state index in [0.717, 1.165) is 0 Å². The van der Waals surface area contributed by atoms with Crippen LogP contribution in [0.25, 0.3) is 0 Å². The first-order chi connectivity index (χ1) is 7.27. The third-order valence-corrected chi connectivity index (χ3v) is 1.53. The Hall–Kier alpha value is -1.69. The van der Waals surface area contributed by atoms with Crippen molar-refractivity contribution in [3.05, 3.63) is 23.8 Å². The second-order valence-electron chi connectivity index (χ2n) is 2.53. The van der Waals surface area contributed by atoms with Gasteiger partial charge < -0.3 is 14.7 Å². The van der Waals surface area contributed by atoms with Gasteiger partial charge in [0.25, 0.3) is 5.95 Å². The van der Waals surface area contributed by atoms with Crippen LogP contribution in [0.2, 0.25) is 0 Å². The summed E-state index contributed by atoms with van der Waals surface area (Å²) in [5.41, 5.74) is 0.255. The van der Waals surface area contributed by atoms with Crippen LogP contribution in [0.5, 0.6) is 5.75 Å². The van der Waals surface area contributed by atoms with Crippen LogP contribution < -0.4 is 4.74 Å². The number of aliphatic hydroxyl groups is 1. The summed E-state index contributed by atoms with van der Waals surface area (Å²) in [4.78, 5) is 7.87. The third kappa shape index (κ3) is 3.51. The van der Waals surface area contributed by atoms with E-state index >= 15 is 0 Å². The van der Waals surface area contributed by atoms with Gasteiger partial charge in [0.1, 0.15) is 13.7 Å². The average molecular weight is 214 g/mol. The van der Waals surface area contributed by atoms with Gasteiger partial charge in [-0.3, -0.25) is 0 Å². The van der Waals surface area contributed by atoms with E-state index in [2.05, 4.69) is 15.0 Å². The number of hydrogen-bond donors (Lipinski definition) is 1. The van der Waals surface area contributed by atoms with Crippen molar-refractivity contribution in [3.63, 3.8) is 0 Å². The lowest BCUT2D eigenvalue weighted by Gasteiger charge is -2.04. The van der Waals surface area contributed by atoms with Crippen LogP contribution in [-0.2, 0) is 11.4 Å². The molecule has 0 radical (unpaired) electrons. The topological polar surface area (TPSA) is 63.9 Å². The van der Waals surface area contributed by atoms with Gasteiger partial charge >= 0.3 is 0 Å². The second-order valence-corrected chi connectivity index (χ2v) is 2.53. The van der Waals surface area contributed by atoms with Gasteiger partial charge in [-0.25, -0.2) is 4.98 Å². The monoisotopic (exact) mass is 214 g/mol. The van der Waals surface area contributed by atoms with Crippen molar-refractivity contribution in [3.8, 4) is 5.75 Å². The molecule has 5 nitrogen and oxygen atoms in total. The van der Waals surface area contributed by atoms with Crippen LogP contribution in [0.3, 0.4) is 0 Å². The lowest BCUT2D eigenvalue weighted by atomic mass is 10.3. The molecule has 0 atom stereocenters. The summed E-state index contributed by atoms with van der Waals surface area (Å²) in [5.74, 6) is -0.748. The Balaban J connectivity index is 2.58. The molecule has 0 spiro atoms. The lowest BCUT2D eigenvalue weighted by Crippen LogP contribution is -2.03. The quantitative estimate of drug-likeness (QED) is 0.445. The maximum Gasteiger partial charge on any atom is 0.255 e. The van der Waals surface area contributed by atoms with Crippen molar-refractivity contribution in [1.82, 2.24) is 4.98 Å². The fraction of sp³-hybridized carbons (Fsp3) is 0.333. The Kier molecular flexibility index (Phi) is 4.49. The Morgan fingerprint density at radius 3 is 3.00 bits per heavy atom. The Morgan fingerprint density at radius 2 is 2.40 bits per heavy atom. The van der Waals surface area contributed by atoms with Crippen LogP contribution in [0.1, 0.15) is 5.69 Å². The molecule has 0 saturated carbocycles. The molecule has 0 aliphatic carbocycles. The molecule has 0 unspecified atom stereocenters. The molecule has 82 valence electrons. The third-order valence-electron chi connectivity index (χ3n) is 1.53. The number of ether oxygens (including phenoxy) is 1. The first kappa shape index (κ1) is 11.4. The number of nitrogens with zero attached hydrogens (tertiary/aromatic N) is 2. The molecular weight excluding hydrogens is 203 g/mol. The highest BCUT2D eigenvalue weighted by Crippen LogP contribution is 2.14. The van der Waals surface area contributed by atoms with Crippen molar-refractivity contribution in [2.75, 3.05) is 13.7 Å². The van der Waals surface area contributed by atoms with E-state index in [1.54, 1.807) is 0 Å². The van der Waals surface area contributed by atoms with Crippen molar-refractivity contribution in [1.29, 1.82) is 0 Å². The number of aromatic nitrogens is 1. The molecule has 1 rings (SSSR count). The Bertz CT molecular complexity index is 344. The van der Waals surface area contributed by atoms with E-state index in [9.17, 15) is 4.39 Å². The van der Waals surface area contributed by atoms with Gasteiger partial charge in [0, 0.05) is 0 Å². The molecular formula is C9H11FN2O3. The first-order valence-corrected chi connectivity index (χ1v) is 4.22. The van der Waals surface area contributed by atoms with E-state index in [-0.39, 0.29) is 24.7 Å². The summed E-state index contributed by atoms with van der Waals surface area (Å²) >= 11 is 0. The molecule has 0 saturated heterocycles. The van der Waals surface area contributed by atoms with E-state index in [1.807, 2.05) is 0 Å². The fourth-order valence-electron chi connectivity index (χ4n) is 0.887. The van der Waals surface area contributed by atoms with Crippen molar-refractivity contribution < 1.29 is 19.1 Å². The van der Waals surface area contributed by atoms with E-state index < -0.39 is 5.95 Å². The minimum atomic E-state index is -0.757. The molecule has 6 heteroatoms. The number of halogens is 1. The largest absolute Gasteiger partial charge is 0.483 e. The number of oxime groups is 1. The zero-order valence-electron chi connectivity index (χ0n) is 8.18. The van der Waals surface area contributed by atoms with Crippen LogP contribution in [0.4, 0.5) is 4.39 Å². The number of aliphatic hydroxyl groups excluding tert-OH is 1. The first-order valence-electron chi connectivity index (χ1n) is 4.22. The predicted molar refractivity (Wildman–Crippen MR) is 51.1 cm³/mol. The Morgan fingerprint density at radius 1 is 1.60 bits per heavy atom. The maximum absolute atomic E-state index is 13.1. The predicted octanol–water partition coefficient (Wildman–Crippen LogP) is 0.724. The summed E-state index contributed by atoms with van der Waals surface area (Å²) < 4.78 is 18.1. The standard InChI is InChI=1S/C9H11FN2O3/c1-14-11-4-5-15-8-3-2-7(6-13)12-9(8)10/h2-4,13H,5-6H2,1H3/b11-4+. The zero-order valence-corrected chi connectivity index (χ0v) is 8.18. The normalized spacial score (nSPS) is 10.6. The van der Waals surface area contributed by atoms with Gasteiger partial charge in [0.2, 0.25) is 0 Å². The summed E-state index contributed by atoms with van der Waals surface area (Å²) in [6.07, 6.45) is 1.35. The number of pyridine rings is 1. The summed E-state index contributed by atoms with van der Waals surface area (Å²) in [7, 11) is 1.40. The minimum absolute atomic E-state index is 0.00903. The molecule has 0 aliphatic rings. The number of hydrogen-bond acceptors (Lipinski definition) is 5. The summed E-state index contributed by atoms with van der Waals surface area (Å²) in [5, 5.41) is 12.1. The molecule has 1 heterocycles. The molecule has 1 aromatic heterocycles. The van der Waals surface area contributed by atoms with E-state index in [4.69, 9.17) is 9.84 Å². The van der Waals surface area contributed by atoms with Gasteiger partial charge in [-0.1, -0.05) is 5.16 Å². The molecule has 0 fully saturated rings. The molecule has 0 amide bonds. The summed E-state index contributed by atoms with van der Waals surface area (Å²) in [6.45, 7) is -0.215. The SMILES string of the molecule is CO/N=C/COc1ccc(CO)nc1F. The highest BCUT2D eigenvalue weighted by molar-refractivity contribution is 5.58. The van der Waals surface area contributed by atoms with Crippen LogP contribution in [-0.4, -0.2) is 30.0 Å². The zero-order chi connectivity index (χ0) is 11.1.